The number of rotatable bonds is 5. The molecule has 2 fully saturated rings. The zero-order chi connectivity index (χ0) is 16.9. The fourth-order valence-corrected chi connectivity index (χ4v) is 4.53. The fraction of sp³-hybridized carbons (Fsp3) is 0.632. The quantitative estimate of drug-likeness (QED) is 0.793. The van der Waals surface area contributed by atoms with Crippen LogP contribution in [0.1, 0.15) is 45.4 Å². The molecular weight excluding hydrogens is 318 g/mol. The number of fused-ring (bicyclic) bond motifs is 2. The third kappa shape index (κ3) is 4.19. The largest absolute Gasteiger partial charge is 0.497 e. The molecule has 1 aromatic rings. The minimum absolute atomic E-state index is 0.492. The first kappa shape index (κ1) is 17.5. The molecule has 0 aromatic heterocycles. The molecule has 4 nitrogen and oxygen atoms in total. The number of methoxy groups -OCH3 is 1. The monoisotopic (exact) mass is 347 g/mol. The van der Waals surface area contributed by atoms with Crippen molar-refractivity contribution in [3.63, 3.8) is 0 Å². The lowest BCUT2D eigenvalue weighted by Gasteiger charge is -2.49. The van der Waals surface area contributed by atoms with E-state index >= 15 is 0 Å². The Hall–Kier alpha value is -1.33. The lowest BCUT2D eigenvalue weighted by atomic mass is 9.81. The highest BCUT2D eigenvalue weighted by Gasteiger charge is 2.37. The standard InChI is InChI=1S/C19H29N3OS/c1-3-11-22-16-5-4-6-17(22)13-15(12-16)21-19(24)20-14-7-9-18(23-2)10-8-14/h7-10,15-17H,3-6,11-13H2,1-2H3,(H2,20,21,24)/t16-,17-/m1/s1. The highest BCUT2D eigenvalue weighted by Crippen LogP contribution is 2.34. The molecule has 2 aliphatic rings. The lowest BCUT2D eigenvalue weighted by molar-refractivity contribution is 0.0284. The van der Waals surface area contributed by atoms with Gasteiger partial charge in [0.2, 0.25) is 0 Å². The predicted molar refractivity (Wildman–Crippen MR) is 104 cm³/mol. The van der Waals surface area contributed by atoms with Crippen molar-refractivity contribution in [2.24, 2.45) is 0 Å². The van der Waals surface area contributed by atoms with Crippen molar-refractivity contribution in [2.45, 2.75) is 63.6 Å². The zero-order valence-electron chi connectivity index (χ0n) is 14.8. The van der Waals surface area contributed by atoms with Crippen LogP contribution >= 0.6 is 12.2 Å². The van der Waals surface area contributed by atoms with E-state index in [0.29, 0.717) is 6.04 Å². The first-order valence-corrected chi connectivity index (χ1v) is 9.57. The van der Waals surface area contributed by atoms with Crippen LogP contribution in [0, 0.1) is 0 Å². The lowest BCUT2D eigenvalue weighted by Crippen LogP contribution is -2.57. The minimum atomic E-state index is 0.492. The summed E-state index contributed by atoms with van der Waals surface area (Å²) < 4.78 is 5.19. The Kier molecular flexibility index (Phi) is 5.95. The third-order valence-electron chi connectivity index (χ3n) is 5.29. The van der Waals surface area contributed by atoms with Crippen molar-refractivity contribution in [3.05, 3.63) is 24.3 Å². The summed E-state index contributed by atoms with van der Waals surface area (Å²) in [4.78, 5) is 2.75. The molecular formula is C19H29N3OS. The molecule has 5 heteroatoms. The van der Waals surface area contributed by atoms with E-state index in [1.165, 1.54) is 45.1 Å². The maximum Gasteiger partial charge on any atom is 0.170 e. The molecule has 2 saturated heterocycles. The molecule has 2 atom stereocenters. The molecule has 2 bridgehead atoms. The summed E-state index contributed by atoms with van der Waals surface area (Å²) in [7, 11) is 1.68. The van der Waals surface area contributed by atoms with E-state index in [9.17, 15) is 0 Å². The Morgan fingerprint density at radius 2 is 1.88 bits per heavy atom. The van der Waals surface area contributed by atoms with Gasteiger partial charge in [-0.1, -0.05) is 13.3 Å². The van der Waals surface area contributed by atoms with E-state index in [-0.39, 0.29) is 0 Å². The summed E-state index contributed by atoms with van der Waals surface area (Å²) >= 11 is 5.52. The Bertz CT molecular complexity index is 534. The Morgan fingerprint density at radius 1 is 1.21 bits per heavy atom. The van der Waals surface area contributed by atoms with Crippen LogP contribution in [-0.2, 0) is 0 Å². The van der Waals surface area contributed by atoms with Gasteiger partial charge < -0.3 is 15.4 Å². The molecule has 0 amide bonds. The number of hydrogen-bond acceptors (Lipinski definition) is 3. The zero-order valence-corrected chi connectivity index (χ0v) is 15.6. The number of nitrogens with one attached hydrogen (secondary N) is 2. The first-order chi connectivity index (χ1) is 11.7. The molecule has 24 heavy (non-hydrogen) atoms. The van der Waals surface area contributed by atoms with Crippen LogP contribution < -0.4 is 15.4 Å². The number of thiocarbonyl (C=S) groups is 1. The van der Waals surface area contributed by atoms with Crippen LogP contribution in [0.3, 0.4) is 0 Å². The van der Waals surface area contributed by atoms with Crippen LogP contribution in [-0.4, -0.2) is 41.8 Å². The van der Waals surface area contributed by atoms with Crippen molar-refractivity contribution < 1.29 is 4.74 Å². The van der Waals surface area contributed by atoms with Gasteiger partial charge in [0.15, 0.2) is 5.11 Å². The van der Waals surface area contributed by atoms with E-state index in [4.69, 9.17) is 17.0 Å². The summed E-state index contributed by atoms with van der Waals surface area (Å²) in [5, 5.41) is 7.57. The first-order valence-electron chi connectivity index (χ1n) is 9.17. The average Bonchev–Trinajstić information content (AvgIpc) is 2.56. The van der Waals surface area contributed by atoms with Gasteiger partial charge in [-0.3, -0.25) is 4.90 Å². The molecule has 0 saturated carbocycles. The maximum atomic E-state index is 5.52. The maximum absolute atomic E-state index is 5.52. The summed E-state index contributed by atoms with van der Waals surface area (Å²) in [5.41, 5.74) is 0.997. The number of hydrogen-bond donors (Lipinski definition) is 2. The summed E-state index contributed by atoms with van der Waals surface area (Å²) in [5.74, 6) is 0.857. The van der Waals surface area contributed by atoms with E-state index < -0.39 is 0 Å². The fourth-order valence-electron chi connectivity index (χ4n) is 4.25. The molecule has 3 rings (SSSR count). The number of piperidine rings is 2. The number of anilines is 1. The Balaban J connectivity index is 1.53. The van der Waals surface area contributed by atoms with Gasteiger partial charge >= 0.3 is 0 Å². The number of nitrogens with zero attached hydrogens (tertiary/aromatic N) is 1. The average molecular weight is 348 g/mol. The van der Waals surface area contributed by atoms with Crippen LogP contribution in [0.5, 0.6) is 5.75 Å². The van der Waals surface area contributed by atoms with Crippen molar-refractivity contribution in [3.8, 4) is 5.75 Å². The third-order valence-corrected chi connectivity index (χ3v) is 5.51. The molecule has 0 spiro atoms. The van der Waals surface area contributed by atoms with Gasteiger partial charge in [0.05, 0.1) is 7.11 Å². The van der Waals surface area contributed by atoms with Gasteiger partial charge in [-0.15, -0.1) is 0 Å². The van der Waals surface area contributed by atoms with E-state index in [1.54, 1.807) is 7.11 Å². The van der Waals surface area contributed by atoms with Crippen LogP contribution in [0.2, 0.25) is 0 Å². The summed E-state index contributed by atoms with van der Waals surface area (Å²) in [6.07, 6.45) is 7.74. The normalized spacial score (nSPS) is 26.7. The summed E-state index contributed by atoms with van der Waals surface area (Å²) in [6, 6.07) is 9.83. The Morgan fingerprint density at radius 3 is 2.46 bits per heavy atom. The second-order valence-corrected chi connectivity index (χ2v) is 7.38. The van der Waals surface area contributed by atoms with Gasteiger partial charge in [-0.25, -0.2) is 0 Å². The van der Waals surface area contributed by atoms with Gasteiger partial charge in [0, 0.05) is 23.8 Å². The predicted octanol–water partition coefficient (Wildman–Crippen LogP) is 3.78. The highest BCUT2D eigenvalue weighted by atomic mass is 32.1. The van der Waals surface area contributed by atoms with Gasteiger partial charge in [0.25, 0.3) is 0 Å². The topological polar surface area (TPSA) is 36.5 Å². The molecule has 2 heterocycles. The number of benzene rings is 1. The van der Waals surface area contributed by atoms with Crippen molar-refractivity contribution >= 4 is 23.0 Å². The van der Waals surface area contributed by atoms with Crippen LogP contribution in [0.4, 0.5) is 5.69 Å². The second kappa shape index (κ2) is 8.17. The van der Waals surface area contributed by atoms with Gasteiger partial charge in [-0.2, -0.15) is 0 Å². The molecule has 0 radical (unpaired) electrons. The summed E-state index contributed by atoms with van der Waals surface area (Å²) in [6.45, 7) is 3.53. The molecule has 0 unspecified atom stereocenters. The van der Waals surface area contributed by atoms with Gasteiger partial charge in [-0.05, 0) is 75.1 Å². The van der Waals surface area contributed by atoms with Crippen molar-refractivity contribution in [2.75, 3.05) is 19.0 Å². The molecule has 1 aromatic carbocycles. The highest BCUT2D eigenvalue weighted by molar-refractivity contribution is 7.80. The SMILES string of the molecule is CCCN1[C@@H]2CCC[C@@H]1CC(NC(=S)Nc1ccc(OC)cc1)C2. The van der Waals surface area contributed by atoms with E-state index in [1.807, 2.05) is 24.3 Å². The second-order valence-electron chi connectivity index (χ2n) is 6.97. The minimum Gasteiger partial charge on any atom is -0.497 e. The van der Waals surface area contributed by atoms with E-state index in [0.717, 1.165) is 28.6 Å². The molecule has 2 aliphatic heterocycles. The molecule has 2 N–H and O–H groups in total. The molecule has 132 valence electrons. The number of ether oxygens (including phenoxy) is 1. The van der Waals surface area contributed by atoms with Crippen molar-refractivity contribution in [1.29, 1.82) is 0 Å². The smallest absolute Gasteiger partial charge is 0.170 e. The van der Waals surface area contributed by atoms with E-state index in [2.05, 4.69) is 22.5 Å². The van der Waals surface area contributed by atoms with Crippen molar-refractivity contribution in [1.82, 2.24) is 10.2 Å². The van der Waals surface area contributed by atoms with Gasteiger partial charge in [0.1, 0.15) is 5.75 Å². The van der Waals surface area contributed by atoms with Crippen LogP contribution in [0.25, 0.3) is 0 Å². The van der Waals surface area contributed by atoms with Crippen LogP contribution in [0.15, 0.2) is 24.3 Å². The molecule has 0 aliphatic carbocycles. The Labute approximate surface area is 150 Å².